The van der Waals surface area contributed by atoms with Crippen LogP contribution in [0.3, 0.4) is 0 Å². The second-order valence-electron chi connectivity index (χ2n) is 9.81. The third kappa shape index (κ3) is 8.96. The fourth-order valence-electron chi connectivity index (χ4n) is 4.47. The summed E-state index contributed by atoms with van der Waals surface area (Å²) in [6.45, 7) is 1.21. The summed E-state index contributed by atoms with van der Waals surface area (Å²) in [6.07, 6.45) is -2.84. The average molecular weight is 635 g/mol. The van der Waals surface area contributed by atoms with Crippen molar-refractivity contribution < 1.29 is 33.0 Å². The third-order valence-electron chi connectivity index (χ3n) is 6.69. The largest absolute Gasteiger partial charge is 0.417 e. The number of amides is 2. The predicted octanol–water partition coefficient (Wildman–Crippen LogP) is 5.56. The van der Waals surface area contributed by atoms with Gasteiger partial charge in [0.1, 0.15) is 0 Å². The van der Waals surface area contributed by atoms with Gasteiger partial charge in [0.25, 0.3) is 11.8 Å². The second-order valence-corrected chi connectivity index (χ2v) is 11.3. The number of carbonyl (C=O) groups is 2. The van der Waals surface area contributed by atoms with Gasteiger partial charge in [-0.2, -0.15) is 30.0 Å². The van der Waals surface area contributed by atoms with Crippen LogP contribution in [-0.2, 0) is 11.9 Å². The number of anilines is 2. The maximum Gasteiger partial charge on any atom is 0.417 e. The minimum atomic E-state index is -4.65. The number of carbonyl (C=O) groups excluding carboxylic acids is 2. The first-order valence-corrected chi connectivity index (χ1v) is 14.9. The van der Waals surface area contributed by atoms with Gasteiger partial charge in [0.05, 0.1) is 40.8 Å². The molecular weight excluding hydrogens is 605 g/mol. The van der Waals surface area contributed by atoms with Crippen molar-refractivity contribution in [3.63, 3.8) is 0 Å². The van der Waals surface area contributed by atoms with Gasteiger partial charge < -0.3 is 20.4 Å². The minimum Gasteiger partial charge on any atom is -0.396 e. The lowest BCUT2D eigenvalue weighted by Crippen LogP contribution is -2.36. The van der Waals surface area contributed by atoms with E-state index in [-0.39, 0.29) is 23.4 Å². The number of benzene rings is 3. The Balaban J connectivity index is 1.56. The van der Waals surface area contributed by atoms with E-state index in [9.17, 15) is 27.9 Å². The van der Waals surface area contributed by atoms with Crippen LogP contribution in [0.15, 0.2) is 65.8 Å². The molecule has 13 heteroatoms. The number of nitrogens with zero attached hydrogens (tertiary/aromatic N) is 2. The smallest absolute Gasteiger partial charge is 0.396 e. The van der Waals surface area contributed by atoms with Crippen molar-refractivity contribution in [3.05, 3.63) is 93.5 Å². The van der Waals surface area contributed by atoms with Crippen LogP contribution in [0.4, 0.5) is 24.5 Å². The summed E-state index contributed by atoms with van der Waals surface area (Å²) in [5, 5.41) is 25.1. The van der Waals surface area contributed by atoms with Gasteiger partial charge in [0, 0.05) is 35.8 Å². The fourth-order valence-corrected chi connectivity index (χ4v) is 5.38. The summed E-state index contributed by atoms with van der Waals surface area (Å²) < 4.78 is 39.6. The molecule has 1 fully saturated rings. The molecule has 0 spiro atoms. The SMILES string of the molecule is O=C(Nc1ccc(N2CCC(O)CC2)cc1C(=O)N/N=C\c1ccc(Cl)c(C(F)(F)F)c1)c1cccc(CSCCO)c1. The van der Waals surface area contributed by atoms with Crippen LogP contribution in [0.2, 0.25) is 5.02 Å². The fraction of sp³-hybridized carbons (Fsp3) is 0.300. The molecule has 0 aromatic heterocycles. The summed E-state index contributed by atoms with van der Waals surface area (Å²) in [5.41, 5.74) is 3.67. The summed E-state index contributed by atoms with van der Waals surface area (Å²) in [4.78, 5) is 28.5. The van der Waals surface area contributed by atoms with Gasteiger partial charge in [-0.3, -0.25) is 9.59 Å². The standard InChI is InChI=1S/C30H30ClF3N4O4S/c31-26-6-4-19(15-25(26)30(32,33)34)17-35-37-29(42)24-16-22(38-10-8-23(40)9-11-38)5-7-27(24)36-28(41)21-3-1-2-20(14-21)18-43-13-12-39/h1-7,14-17,23,39-40H,8-13,18H2,(H,36,41)(H,37,42)/b35-17-. The van der Waals surface area contributed by atoms with Gasteiger partial charge >= 0.3 is 6.18 Å². The zero-order valence-corrected chi connectivity index (χ0v) is 24.5. The van der Waals surface area contributed by atoms with Gasteiger partial charge in [0.2, 0.25) is 0 Å². The van der Waals surface area contributed by atoms with Crippen molar-refractivity contribution in [2.75, 3.05) is 35.7 Å². The summed E-state index contributed by atoms with van der Waals surface area (Å²) in [7, 11) is 0. The molecule has 8 nitrogen and oxygen atoms in total. The minimum absolute atomic E-state index is 0.0576. The highest BCUT2D eigenvalue weighted by Crippen LogP contribution is 2.35. The third-order valence-corrected chi connectivity index (χ3v) is 8.03. The Bertz CT molecular complexity index is 1480. The molecule has 1 aliphatic rings. The Hall–Kier alpha value is -3.58. The summed E-state index contributed by atoms with van der Waals surface area (Å²) in [6, 6.07) is 15.2. The van der Waals surface area contributed by atoms with Crippen LogP contribution in [0.1, 0.15) is 50.2 Å². The molecule has 0 radical (unpaired) electrons. The number of alkyl halides is 3. The van der Waals surface area contributed by atoms with E-state index in [2.05, 4.69) is 15.8 Å². The van der Waals surface area contributed by atoms with Crippen molar-refractivity contribution in [2.24, 2.45) is 5.10 Å². The van der Waals surface area contributed by atoms with E-state index in [1.807, 2.05) is 11.0 Å². The molecular formula is C30H30ClF3N4O4S. The van der Waals surface area contributed by atoms with Crippen LogP contribution in [0.25, 0.3) is 0 Å². The monoisotopic (exact) mass is 634 g/mol. The molecule has 4 rings (SSSR count). The van der Waals surface area contributed by atoms with Gasteiger partial charge in [-0.15, -0.1) is 0 Å². The normalized spacial score (nSPS) is 14.2. The lowest BCUT2D eigenvalue weighted by atomic mass is 10.0. The lowest BCUT2D eigenvalue weighted by molar-refractivity contribution is -0.137. The van der Waals surface area contributed by atoms with Gasteiger partial charge in [-0.05, 0) is 66.4 Å². The maximum atomic E-state index is 13.3. The van der Waals surface area contributed by atoms with Crippen molar-refractivity contribution in [1.29, 1.82) is 0 Å². The molecule has 0 saturated carbocycles. The van der Waals surface area contributed by atoms with Crippen LogP contribution in [0.5, 0.6) is 0 Å². The summed E-state index contributed by atoms with van der Waals surface area (Å²) >= 11 is 7.21. The Morgan fingerprint density at radius 2 is 1.84 bits per heavy atom. The van der Waals surface area contributed by atoms with Crippen LogP contribution < -0.4 is 15.6 Å². The number of rotatable bonds is 10. The van der Waals surface area contributed by atoms with Crippen molar-refractivity contribution in [3.8, 4) is 0 Å². The van der Waals surface area contributed by atoms with E-state index in [4.69, 9.17) is 16.7 Å². The highest BCUT2D eigenvalue weighted by Gasteiger charge is 2.33. The average Bonchev–Trinajstić information content (AvgIpc) is 2.98. The molecule has 1 saturated heterocycles. The van der Waals surface area contributed by atoms with Gasteiger partial charge in [-0.1, -0.05) is 29.8 Å². The Morgan fingerprint density at radius 3 is 2.56 bits per heavy atom. The number of aliphatic hydroxyl groups is 2. The first kappa shape index (κ1) is 32.3. The second kappa shape index (κ2) is 14.7. The Labute approximate surface area is 255 Å². The number of thioether (sulfide) groups is 1. The van der Waals surface area contributed by atoms with E-state index in [0.717, 1.165) is 23.9 Å². The van der Waals surface area contributed by atoms with Crippen LogP contribution in [0, 0.1) is 0 Å². The zero-order chi connectivity index (χ0) is 31.0. The number of nitrogens with one attached hydrogen (secondary N) is 2. The van der Waals surface area contributed by atoms with E-state index in [1.54, 1.807) is 36.4 Å². The summed E-state index contributed by atoms with van der Waals surface area (Å²) in [5.74, 6) is 0.0529. The van der Waals surface area contributed by atoms with Crippen LogP contribution in [-0.4, -0.2) is 59.8 Å². The number of aliphatic hydroxyl groups excluding tert-OH is 2. The van der Waals surface area contributed by atoms with E-state index < -0.39 is 34.7 Å². The molecule has 3 aromatic rings. The van der Waals surface area contributed by atoms with Crippen LogP contribution >= 0.6 is 23.4 Å². The van der Waals surface area contributed by atoms with E-state index in [1.165, 1.54) is 17.8 Å². The molecule has 228 valence electrons. The van der Waals surface area contributed by atoms with Crippen molar-refractivity contribution in [2.45, 2.75) is 30.9 Å². The molecule has 2 amide bonds. The molecule has 0 aliphatic carbocycles. The number of hydrogen-bond donors (Lipinski definition) is 4. The van der Waals surface area contributed by atoms with Crippen molar-refractivity contribution in [1.82, 2.24) is 5.43 Å². The number of halogens is 4. The highest BCUT2D eigenvalue weighted by molar-refractivity contribution is 7.98. The molecule has 0 unspecified atom stereocenters. The number of hydrazone groups is 1. The molecule has 1 aliphatic heterocycles. The predicted molar refractivity (Wildman–Crippen MR) is 163 cm³/mol. The molecule has 0 atom stereocenters. The molecule has 43 heavy (non-hydrogen) atoms. The Morgan fingerprint density at radius 1 is 1.07 bits per heavy atom. The number of piperidine rings is 1. The number of hydrogen-bond acceptors (Lipinski definition) is 7. The lowest BCUT2D eigenvalue weighted by Gasteiger charge is -2.32. The molecule has 4 N–H and O–H groups in total. The quantitative estimate of drug-likeness (QED) is 0.132. The van der Waals surface area contributed by atoms with Gasteiger partial charge in [0.15, 0.2) is 0 Å². The topological polar surface area (TPSA) is 114 Å². The maximum absolute atomic E-state index is 13.3. The molecule has 1 heterocycles. The van der Waals surface area contributed by atoms with Crippen molar-refractivity contribution >= 4 is 52.8 Å². The molecule has 3 aromatic carbocycles. The van der Waals surface area contributed by atoms with E-state index in [0.29, 0.717) is 48.7 Å². The zero-order valence-electron chi connectivity index (χ0n) is 22.9. The molecule has 0 bridgehead atoms. The first-order valence-electron chi connectivity index (χ1n) is 13.4. The Kier molecular flexibility index (Phi) is 11.1. The first-order chi connectivity index (χ1) is 20.5. The van der Waals surface area contributed by atoms with E-state index >= 15 is 0 Å². The van der Waals surface area contributed by atoms with Gasteiger partial charge in [-0.25, -0.2) is 5.43 Å². The highest BCUT2D eigenvalue weighted by atomic mass is 35.5.